The summed E-state index contributed by atoms with van der Waals surface area (Å²) in [7, 11) is -3.55. The first-order chi connectivity index (χ1) is 15.3. The first-order valence-corrected chi connectivity index (χ1v) is 12.2. The van der Waals surface area contributed by atoms with Crippen LogP contribution in [0.4, 0.5) is 0 Å². The van der Waals surface area contributed by atoms with E-state index >= 15 is 0 Å². The van der Waals surface area contributed by atoms with Gasteiger partial charge in [0.2, 0.25) is 15.9 Å². The summed E-state index contributed by atoms with van der Waals surface area (Å²) in [5.41, 5.74) is 2.43. The molecule has 1 aliphatic carbocycles. The van der Waals surface area contributed by atoms with Crippen molar-refractivity contribution in [3.8, 4) is 0 Å². The van der Waals surface area contributed by atoms with E-state index in [-0.39, 0.29) is 29.8 Å². The second-order valence-corrected chi connectivity index (χ2v) is 10.2. The van der Waals surface area contributed by atoms with Crippen LogP contribution in [0.3, 0.4) is 0 Å². The fourth-order valence-corrected chi connectivity index (χ4v) is 4.95. The number of hydrogen-bond donors (Lipinski definition) is 1. The van der Waals surface area contributed by atoms with E-state index in [0.717, 1.165) is 24.0 Å². The van der Waals surface area contributed by atoms with Gasteiger partial charge in [0.15, 0.2) is 0 Å². The fraction of sp³-hybridized carbons (Fsp3) is 0.333. The zero-order chi connectivity index (χ0) is 22.7. The molecule has 1 saturated carbocycles. The molecule has 2 aromatic carbocycles. The Morgan fingerprint density at radius 2 is 1.56 bits per heavy atom. The first-order valence-electron chi connectivity index (χ1n) is 10.8. The van der Waals surface area contributed by atoms with Gasteiger partial charge in [-0.2, -0.15) is 4.31 Å². The van der Waals surface area contributed by atoms with Gasteiger partial charge in [-0.3, -0.25) is 9.59 Å². The average molecular weight is 454 g/mol. The SMILES string of the molecule is Cc1ccc(S(=O)(=O)N2CCN(C(=O)/C=C/c3ccc(C(=O)NC4CC4)cc3)CC2)cc1. The minimum absolute atomic E-state index is 0.0717. The van der Waals surface area contributed by atoms with Crippen molar-refractivity contribution < 1.29 is 18.0 Å². The third-order valence-electron chi connectivity index (χ3n) is 5.71. The van der Waals surface area contributed by atoms with Crippen LogP contribution < -0.4 is 5.32 Å². The van der Waals surface area contributed by atoms with Crippen molar-refractivity contribution >= 4 is 27.9 Å². The van der Waals surface area contributed by atoms with Crippen LogP contribution in [0.2, 0.25) is 0 Å². The lowest BCUT2D eigenvalue weighted by Gasteiger charge is -2.33. The summed E-state index contributed by atoms with van der Waals surface area (Å²) in [5.74, 6) is -0.231. The summed E-state index contributed by atoms with van der Waals surface area (Å²) in [6, 6.07) is 14.2. The normalized spacial score (nSPS) is 17.5. The number of rotatable bonds is 6. The number of hydrogen-bond acceptors (Lipinski definition) is 4. The summed E-state index contributed by atoms with van der Waals surface area (Å²) in [5, 5.41) is 2.95. The van der Waals surface area contributed by atoms with Gasteiger partial charge in [-0.15, -0.1) is 0 Å². The van der Waals surface area contributed by atoms with Gasteiger partial charge >= 0.3 is 0 Å². The number of benzene rings is 2. The predicted octanol–water partition coefficient (Wildman–Crippen LogP) is 2.43. The van der Waals surface area contributed by atoms with Gasteiger partial charge in [0, 0.05) is 43.9 Å². The third kappa shape index (κ3) is 5.26. The Balaban J connectivity index is 1.30. The number of amides is 2. The van der Waals surface area contributed by atoms with Crippen molar-refractivity contribution in [1.29, 1.82) is 0 Å². The van der Waals surface area contributed by atoms with Crippen molar-refractivity contribution in [2.75, 3.05) is 26.2 Å². The van der Waals surface area contributed by atoms with Crippen LogP contribution in [0.25, 0.3) is 6.08 Å². The van der Waals surface area contributed by atoms with E-state index in [0.29, 0.717) is 24.7 Å². The minimum atomic E-state index is -3.55. The van der Waals surface area contributed by atoms with Crippen molar-refractivity contribution in [1.82, 2.24) is 14.5 Å². The molecule has 1 N–H and O–H groups in total. The first kappa shape index (κ1) is 22.2. The van der Waals surface area contributed by atoms with Crippen LogP contribution in [0.15, 0.2) is 59.5 Å². The quantitative estimate of drug-likeness (QED) is 0.681. The summed E-state index contributed by atoms with van der Waals surface area (Å²) in [6.45, 7) is 3.12. The van der Waals surface area contributed by atoms with Crippen LogP contribution in [0.1, 0.15) is 34.3 Å². The highest BCUT2D eigenvalue weighted by atomic mass is 32.2. The molecule has 168 valence electrons. The molecule has 2 amide bonds. The van der Waals surface area contributed by atoms with Crippen LogP contribution in [-0.2, 0) is 14.8 Å². The third-order valence-corrected chi connectivity index (χ3v) is 7.63. The molecule has 0 aromatic heterocycles. The molecule has 4 rings (SSSR count). The molecule has 7 nitrogen and oxygen atoms in total. The van der Waals surface area contributed by atoms with Crippen LogP contribution in [0, 0.1) is 6.92 Å². The number of piperazine rings is 1. The summed E-state index contributed by atoms with van der Waals surface area (Å²) in [6.07, 6.45) is 5.28. The molecule has 32 heavy (non-hydrogen) atoms. The van der Waals surface area contributed by atoms with E-state index in [1.54, 1.807) is 59.5 Å². The van der Waals surface area contributed by atoms with Crippen LogP contribution in [0.5, 0.6) is 0 Å². The molecule has 1 heterocycles. The summed E-state index contributed by atoms with van der Waals surface area (Å²) >= 11 is 0. The van der Waals surface area contributed by atoms with Crippen molar-refractivity contribution in [2.24, 2.45) is 0 Å². The maximum absolute atomic E-state index is 12.8. The van der Waals surface area contributed by atoms with Gasteiger partial charge < -0.3 is 10.2 Å². The lowest BCUT2D eigenvalue weighted by molar-refractivity contribution is -0.127. The second-order valence-electron chi connectivity index (χ2n) is 8.25. The molecule has 0 bridgehead atoms. The average Bonchev–Trinajstić information content (AvgIpc) is 3.62. The lowest BCUT2D eigenvalue weighted by Crippen LogP contribution is -2.50. The molecule has 2 fully saturated rings. The van der Waals surface area contributed by atoms with Crippen molar-refractivity contribution in [2.45, 2.75) is 30.7 Å². The topological polar surface area (TPSA) is 86.8 Å². The van der Waals surface area contributed by atoms with Crippen molar-refractivity contribution in [3.05, 3.63) is 71.3 Å². The van der Waals surface area contributed by atoms with E-state index in [1.165, 1.54) is 10.4 Å². The lowest BCUT2D eigenvalue weighted by atomic mass is 10.1. The van der Waals surface area contributed by atoms with E-state index in [4.69, 9.17) is 0 Å². The Labute approximate surface area is 188 Å². The smallest absolute Gasteiger partial charge is 0.251 e. The molecule has 1 aliphatic heterocycles. The van der Waals surface area contributed by atoms with E-state index in [2.05, 4.69) is 5.32 Å². The molecule has 2 aromatic rings. The Morgan fingerprint density at radius 1 is 0.938 bits per heavy atom. The Morgan fingerprint density at radius 3 is 2.16 bits per heavy atom. The molecule has 1 saturated heterocycles. The number of sulfonamides is 1. The highest BCUT2D eigenvalue weighted by Crippen LogP contribution is 2.20. The molecule has 0 radical (unpaired) electrons. The molecule has 0 atom stereocenters. The summed E-state index contributed by atoms with van der Waals surface area (Å²) in [4.78, 5) is 26.5. The van der Waals surface area contributed by atoms with Gasteiger partial charge in [0.25, 0.3) is 5.91 Å². The standard InChI is InChI=1S/C24H27N3O4S/c1-18-2-11-22(12-3-18)32(30,31)27-16-14-26(15-17-27)23(28)13-6-19-4-7-20(8-5-19)24(29)25-21-9-10-21/h2-8,11-13,21H,9-10,14-17H2,1H3,(H,25,29)/b13-6+. The van der Waals surface area contributed by atoms with Crippen LogP contribution >= 0.6 is 0 Å². The van der Waals surface area contributed by atoms with E-state index < -0.39 is 10.0 Å². The zero-order valence-electron chi connectivity index (χ0n) is 18.0. The molecular formula is C24H27N3O4S. The number of nitrogens with zero attached hydrogens (tertiary/aromatic N) is 2. The van der Waals surface area contributed by atoms with Crippen LogP contribution in [-0.4, -0.2) is 61.7 Å². The van der Waals surface area contributed by atoms with E-state index in [1.807, 2.05) is 6.92 Å². The van der Waals surface area contributed by atoms with Gasteiger partial charge in [-0.25, -0.2) is 8.42 Å². The van der Waals surface area contributed by atoms with Gasteiger partial charge in [-0.1, -0.05) is 29.8 Å². The Hall–Kier alpha value is -2.97. The van der Waals surface area contributed by atoms with Gasteiger partial charge in [0.05, 0.1) is 4.90 Å². The zero-order valence-corrected chi connectivity index (χ0v) is 18.8. The second kappa shape index (κ2) is 9.26. The minimum Gasteiger partial charge on any atom is -0.349 e. The maximum Gasteiger partial charge on any atom is 0.251 e. The molecule has 8 heteroatoms. The van der Waals surface area contributed by atoms with E-state index in [9.17, 15) is 18.0 Å². The Bertz CT molecular complexity index is 1110. The predicted molar refractivity (Wildman–Crippen MR) is 122 cm³/mol. The molecule has 2 aliphatic rings. The number of aryl methyl sites for hydroxylation is 1. The highest BCUT2D eigenvalue weighted by Gasteiger charge is 2.29. The monoisotopic (exact) mass is 453 g/mol. The number of nitrogens with one attached hydrogen (secondary N) is 1. The maximum atomic E-state index is 12.8. The molecule has 0 spiro atoms. The summed E-state index contributed by atoms with van der Waals surface area (Å²) < 4.78 is 27.0. The van der Waals surface area contributed by atoms with Gasteiger partial charge in [0.1, 0.15) is 0 Å². The largest absolute Gasteiger partial charge is 0.349 e. The number of carbonyl (C=O) groups is 2. The Kier molecular flexibility index (Phi) is 6.43. The fourth-order valence-electron chi connectivity index (χ4n) is 3.52. The van der Waals surface area contributed by atoms with Crippen molar-refractivity contribution in [3.63, 3.8) is 0 Å². The highest BCUT2D eigenvalue weighted by molar-refractivity contribution is 7.89. The molecule has 0 unspecified atom stereocenters. The molecular weight excluding hydrogens is 426 g/mol. The van der Waals surface area contributed by atoms with Gasteiger partial charge in [-0.05, 0) is 55.7 Å². The number of carbonyl (C=O) groups excluding carboxylic acids is 2.